The molecular weight excluding hydrogens is 286 g/mol. The summed E-state index contributed by atoms with van der Waals surface area (Å²) in [6, 6.07) is 10.8. The van der Waals surface area contributed by atoms with Gasteiger partial charge in [-0.25, -0.2) is 4.79 Å². The van der Waals surface area contributed by atoms with Gasteiger partial charge in [0.05, 0.1) is 6.04 Å². The number of carbonyl (C=O) groups is 1. The Morgan fingerprint density at radius 3 is 2.52 bits per heavy atom. The molecule has 4 heteroatoms. The molecule has 1 saturated carbocycles. The second kappa shape index (κ2) is 7.35. The predicted octanol–water partition coefficient (Wildman–Crippen LogP) is 3.26. The highest BCUT2D eigenvalue weighted by atomic mass is 16.2. The van der Waals surface area contributed by atoms with E-state index in [1.54, 1.807) is 0 Å². The molecule has 0 radical (unpaired) electrons. The molecule has 0 spiro atoms. The molecule has 1 aliphatic carbocycles. The van der Waals surface area contributed by atoms with Crippen LogP contribution in [0.1, 0.15) is 44.2 Å². The molecule has 1 N–H and O–H groups in total. The van der Waals surface area contributed by atoms with Crippen LogP contribution in [0.5, 0.6) is 0 Å². The van der Waals surface area contributed by atoms with Gasteiger partial charge in [-0.15, -0.1) is 0 Å². The average molecular weight is 315 g/mol. The van der Waals surface area contributed by atoms with E-state index in [0.29, 0.717) is 12.0 Å². The summed E-state index contributed by atoms with van der Waals surface area (Å²) in [7, 11) is 1.93. The van der Waals surface area contributed by atoms with Gasteiger partial charge in [0.25, 0.3) is 0 Å². The zero-order valence-corrected chi connectivity index (χ0v) is 14.4. The van der Waals surface area contributed by atoms with Crippen molar-refractivity contribution in [3.8, 4) is 0 Å². The molecule has 2 atom stereocenters. The predicted molar refractivity (Wildman–Crippen MR) is 93.3 cm³/mol. The summed E-state index contributed by atoms with van der Waals surface area (Å²) in [5.74, 6) is 0.694. The average Bonchev–Trinajstić information content (AvgIpc) is 3.31. The lowest BCUT2D eigenvalue weighted by Crippen LogP contribution is -2.46. The monoisotopic (exact) mass is 315 g/mol. The zero-order valence-electron chi connectivity index (χ0n) is 14.4. The van der Waals surface area contributed by atoms with Crippen LogP contribution in [0.2, 0.25) is 0 Å². The van der Waals surface area contributed by atoms with Crippen LogP contribution in [0.3, 0.4) is 0 Å². The van der Waals surface area contributed by atoms with Gasteiger partial charge in [0.1, 0.15) is 0 Å². The maximum absolute atomic E-state index is 12.7. The van der Waals surface area contributed by atoms with E-state index >= 15 is 0 Å². The van der Waals surface area contributed by atoms with E-state index in [9.17, 15) is 4.79 Å². The molecule has 2 amide bonds. The summed E-state index contributed by atoms with van der Waals surface area (Å²) in [5, 5.41) is 3.27. The maximum Gasteiger partial charge on any atom is 0.317 e. The molecule has 23 heavy (non-hydrogen) atoms. The number of urea groups is 1. The molecule has 0 bridgehead atoms. The number of benzene rings is 1. The molecule has 1 aromatic carbocycles. The lowest BCUT2D eigenvalue weighted by atomic mass is 10.1. The van der Waals surface area contributed by atoms with Crippen molar-refractivity contribution in [1.82, 2.24) is 15.1 Å². The highest BCUT2D eigenvalue weighted by Gasteiger charge is 2.33. The minimum atomic E-state index is 0.0532. The highest BCUT2D eigenvalue weighted by Crippen LogP contribution is 2.34. The third-order valence-corrected chi connectivity index (χ3v) is 5.37. The van der Waals surface area contributed by atoms with Gasteiger partial charge in [-0.2, -0.15) is 0 Å². The second-order valence-corrected chi connectivity index (χ2v) is 7.11. The number of rotatable bonds is 6. The summed E-state index contributed by atoms with van der Waals surface area (Å²) in [6.45, 7) is 5.36. The first-order valence-corrected chi connectivity index (χ1v) is 8.96. The molecule has 1 aliphatic heterocycles. The fourth-order valence-corrected chi connectivity index (χ4v) is 3.47. The molecule has 126 valence electrons. The minimum Gasteiger partial charge on any atom is -0.330 e. The molecule has 1 heterocycles. The SMILES string of the molecule is CC(C1CC1)N(C)C(=O)NC(CN1CCCC1)c1ccccc1. The zero-order chi connectivity index (χ0) is 16.2. The maximum atomic E-state index is 12.7. The molecule has 2 aliphatic rings. The first kappa shape index (κ1) is 16.3. The number of carbonyl (C=O) groups excluding carboxylic acids is 1. The quantitative estimate of drug-likeness (QED) is 0.874. The second-order valence-electron chi connectivity index (χ2n) is 7.11. The van der Waals surface area contributed by atoms with E-state index in [4.69, 9.17) is 0 Å². The molecule has 1 aromatic rings. The summed E-state index contributed by atoms with van der Waals surface area (Å²) >= 11 is 0. The molecule has 1 saturated heterocycles. The molecule has 2 unspecified atom stereocenters. The number of nitrogens with one attached hydrogen (secondary N) is 1. The normalized spacial score (nSPS) is 21.0. The van der Waals surface area contributed by atoms with E-state index in [0.717, 1.165) is 19.6 Å². The van der Waals surface area contributed by atoms with Gasteiger partial charge in [-0.3, -0.25) is 0 Å². The molecular formula is C19H29N3O. The fraction of sp³-hybridized carbons (Fsp3) is 0.632. The van der Waals surface area contributed by atoms with E-state index in [1.165, 1.54) is 31.2 Å². The number of likely N-dealkylation sites (tertiary alicyclic amines) is 1. The standard InChI is InChI=1S/C19H29N3O/c1-15(16-10-11-16)21(2)19(23)20-18(14-22-12-6-7-13-22)17-8-4-3-5-9-17/h3-5,8-9,15-16,18H,6-7,10-14H2,1-2H3,(H,20,23). The number of hydrogen-bond donors (Lipinski definition) is 1. The number of nitrogens with zero attached hydrogens (tertiary/aromatic N) is 2. The Bertz CT molecular complexity index is 509. The van der Waals surface area contributed by atoms with Gasteiger partial charge >= 0.3 is 6.03 Å². The van der Waals surface area contributed by atoms with Crippen molar-refractivity contribution in [1.29, 1.82) is 0 Å². The summed E-state index contributed by atoms with van der Waals surface area (Å²) in [5.41, 5.74) is 1.19. The molecule has 4 nitrogen and oxygen atoms in total. The Morgan fingerprint density at radius 1 is 1.26 bits per heavy atom. The van der Waals surface area contributed by atoms with Gasteiger partial charge in [-0.05, 0) is 57.2 Å². The van der Waals surface area contributed by atoms with Crippen LogP contribution < -0.4 is 5.32 Å². The lowest BCUT2D eigenvalue weighted by molar-refractivity contribution is 0.179. The third kappa shape index (κ3) is 4.25. The summed E-state index contributed by atoms with van der Waals surface area (Å²) in [4.78, 5) is 17.0. The first-order chi connectivity index (χ1) is 11.1. The molecule has 3 rings (SSSR count). The van der Waals surface area contributed by atoms with E-state index in [2.05, 4.69) is 41.4 Å². The summed E-state index contributed by atoms with van der Waals surface area (Å²) < 4.78 is 0. The Labute approximate surface area is 139 Å². The van der Waals surface area contributed by atoms with Crippen molar-refractivity contribution in [2.45, 2.75) is 44.7 Å². The van der Waals surface area contributed by atoms with E-state index in [-0.39, 0.29) is 12.1 Å². The van der Waals surface area contributed by atoms with Crippen molar-refractivity contribution in [2.24, 2.45) is 5.92 Å². The van der Waals surface area contributed by atoms with Crippen LogP contribution in [0.15, 0.2) is 30.3 Å². The Morgan fingerprint density at radius 2 is 1.91 bits per heavy atom. The summed E-state index contributed by atoms with van der Waals surface area (Å²) in [6.07, 6.45) is 5.06. The van der Waals surface area contributed by atoms with Crippen molar-refractivity contribution in [2.75, 3.05) is 26.7 Å². The molecule has 0 aromatic heterocycles. The smallest absolute Gasteiger partial charge is 0.317 e. The van der Waals surface area contributed by atoms with Gasteiger partial charge in [0.2, 0.25) is 0 Å². The van der Waals surface area contributed by atoms with Crippen molar-refractivity contribution in [3.05, 3.63) is 35.9 Å². The van der Waals surface area contributed by atoms with E-state index in [1.807, 2.05) is 18.0 Å². The van der Waals surface area contributed by atoms with Gasteiger partial charge in [-0.1, -0.05) is 30.3 Å². The van der Waals surface area contributed by atoms with Crippen LogP contribution in [-0.2, 0) is 0 Å². The largest absolute Gasteiger partial charge is 0.330 e. The Hall–Kier alpha value is -1.55. The number of amides is 2. The van der Waals surface area contributed by atoms with Gasteiger partial charge in [0, 0.05) is 19.6 Å². The van der Waals surface area contributed by atoms with Crippen LogP contribution in [0.4, 0.5) is 4.79 Å². The number of hydrogen-bond acceptors (Lipinski definition) is 2. The fourth-order valence-electron chi connectivity index (χ4n) is 3.47. The van der Waals surface area contributed by atoms with E-state index < -0.39 is 0 Å². The topological polar surface area (TPSA) is 35.6 Å². The van der Waals surface area contributed by atoms with Crippen molar-refractivity contribution >= 4 is 6.03 Å². The van der Waals surface area contributed by atoms with Crippen molar-refractivity contribution in [3.63, 3.8) is 0 Å². The van der Waals surface area contributed by atoms with Crippen molar-refractivity contribution < 1.29 is 4.79 Å². The van der Waals surface area contributed by atoms with Crippen LogP contribution in [0, 0.1) is 5.92 Å². The van der Waals surface area contributed by atoms with Gasteiger partial charge < -0.3 is 15.1 Å². The Balaban J connectivity index is 1.65. The Kier molecular flexibility index (Phi) is 5.21. The van der Waals surface area contributed by atoms with Crippen LogP contribution in [0.25, 0.3) is 0 Å². The van der Waals surface area contributed by atoms with Crippen LogP contribution in [-0.4, -0.2) is 48.6 Å². The van der Waals surface area contributed by atoms with Crippen LogP contribution >= 0.6 is 0 Å². The third-order valence-electron chi connectivity index (χ3n) is 5.37. The lowest BCUT2D eigenvalue weighted by Gasteiger charge is -2.30. The minimum absolute atomic E-state index is 0.0532. The molecule has 2 fully saturated rings. The highest BCUT2D eigenvalue weighted by molar-refractivity contribution is 5.74. The first-order valence-electron chi connectivity index (χ1n) is 8.96. The van der Waals surface area contributed by atoms with Gasteiger partial charge in [0.15, 0.2) is 0 Å².